The second-order valence-corrected chi connectivity index (χ2v) is 31.5. The second kappa shape index (κ2) is 19.9. The van der Waals surface area contributed by atoms with Gasteiger partial charge in [-0.05, 0) is 181 Å². The number of hydrogen-bond acceptors (Lipinski definition) is 15. The predicted octanol–water partition coefficient (Wildman–Crippen LogP) is 2.62. The Morgan fingerprint density at radius 3 is 1.87 bits per heavy atom. The Kier molecular flexibility index (Phi) is 16.0. The molecule has 4 heterocycles. The number of allylic oxidation sites excluding steroid dienone is 1. The van der Waals surface area contributed by atoms with Crippen LogP contribution >= 0.6 is 0 Å². The van der Waals surface area contributed by atoms with Crippen molar-refractivity contribution < 1.29 is 128 Å². The van der Waals surface area contributed by atoms with E-state index in [1.54, 1.807) is 27.7 Å². The predicted molar refractivity (Wildman–Crippen MR) is 274 cm³/mol. The van der Waals surface area contributed by atoms with E-state index in [4.69, 9.17) is 22.6 Å². The van der Waals surface area contributed by atoms with Crippen LogP contribution in [0.15, 0.2) is 22.3 Å². The summed E-state index contributed by atoms with van der Waals surface area (Å²) < 4.78 is 106. The summed E-state index contributed by atoms with van der Waals surface area (Å²) in [5, 5.41) is 34.5. The first-order valence-electron chi connectivity index (χ1n) is 28.8. The molecule has 4 saturated heterocycles. The molecule has 0 aromatic rings. The van der Waals surface area contributed by atoms with Gasteiger partial charge in [0.25, 0.3) is 0 Å². The van der Waals surface area contributed by atoms with Gasteiger partial charge in [0.15, 0.2) is 11.6 Å². The number of Topliss-reactive ketones (excluding diaryl/α,β-unsaturated/α-hetero) is 1. The molecule has 1 unspecified atom stereocenters. The zero-order valence-electron chi connectivity index (χ0n) is 48.7. The van der Waals surface area contributed by atoms with Gasteiger partial charge in [0.1, 0.15) is 12.2 Å². The molecule has 21 atom stereocenters. The summed E-state index contributed by atoms with van der Waals surface area (Å²) in [7, 11) is -10.2. The summed E-state index contributed by atoms with van der Waals surface area (Å²) in [4.78, 5) is 13.5. The van der Waals surface area contributed by atoms with Gasteiger partial charge >= 0.3 is 59.1 Å². The molecule has 0 radical (unpaired) electrons. The van der Waals surface area contributed by atoms with Gasteiger partial charge in [-0.15, -0.1) is 0 Å². The Hall–Kier alpha value is 0.650. The minimum absolute atomic E-state index is 0. The van der Waals surface area contributed by atoms with Gasteiger partial charge in [0, 0.05) is 28.1 Å². The van der Waals surface area contributed by atoms with E-state index < -0.39 is 90.1 Å². The number of fused-ring (bicyclic) bond motifs is 10. The van der Waals surface area contributed by atoms with Crippen LogP contribution in [0.1, 0.15) is 186 Å². The van der Waals surface area contributed by atoms with E-state index in [-0.39, 0.29) is 144 Å². The van der Waals surface area contributed by atoms with E-state index in [2.05, 4.69) is 55.4 Å². The van der Waals surface area contributed by atoms with E-state index in [0.29, 0.717) is 23.7 Å². The first kappa shape index (κ1) is 62.2. The molecule has 1 spiro atoms. The van der Waals surface area contributed by atoms with Crippen LogP contribution in [0.4, 0.5) is 0 Å². The topological polar surface area (TPSA) is 238 Å². The van der Waals surface area contributed by atoms with E-state index in [1.165, 1.54) is 16.7 Å². The average Bonchev–Trinajstić information content (AvgIpc) is 3.89. The van der Waals surface area contributed by atoms with Crippen LogP contribution in [0.3, 0.4) is 0 Å². The minimum atomic E-state index is -5.10. The fourth-order valence-electron chi connectivity index (χ4n) is 22.0. The Labute approximate surface area is 504 Å². The number of carbonyl (C=O) groups excluding carboxylic acids is 1. The van der Waals surface area contributed by atoms with Crippen LogP contribution in [0, 0.1) is 85.8 Å². The molecular weight excluding hydrogens is 1050 g/mol. The quantitative estimate of drug-likeness (QED) is 0.123. The second-order valence-electron chi connectivity index (χ2n) is 29.5. The van der Waals surface area contributed by atoms with Crippen LogP contribution in [0.2, 0.25) is 0 Å². The van der Waals surface area contributed by atoms with Gasteiger partial charge in [-0.25, -0.2) is 16.8 Å². The third-order valence-corrected chi connectivity index (χ3v) is 25.9. The van der Waals surface area contributed by atoms with Crippen molar-refractivity contribution >= 4 is 26.6 Å². The van der Waals surface area contributed by atoms with E-state index in [1.807, 2.05) is 0 Å². The van der Waals surface area contributed by atoms with Crippen molar-refractivity contribution in [2.75, 3.05) is 6.61 Å². The maximum atomic E-state index is 13.5. The fraction of sp³-hybridized carbons (Fsp3) is 0.914. The number of aliphatic hydroxyl groups excluding tert-OH is 2. The molecule has 12 rings (SSSR count). The molecular formula is C58H88Na2O15S2. The first-order valence-corrected chi connectivity index (χ1v) is 31.5. The summed E-state index contributed by atoms with van der Waals surface area (Å²) in [5.41, 5.74) is 0.0442. The van der Waals surface area contributed by atoms with Crippen LogP contribution in [0.5, 0.6) is 0 Å². The van der Waals surface area contributed by atoms with Gasteiger partial charge in [0.2, 0.25) is 20.8 Å². The van der Waals surface area contributed by atoms with Crippen molar-refractivity contribution in [2.24, 2.45) is 85.8 Å². The largest absolute Gasteiger partial charge is 1.00 e. The van der Waals surface area contributed by atoms with Crippen LogP contribution < -0.4 is 59.1 Å². The summed E-state index contributed by atoms with van der Waals surface area (Å²) in [6.07, 6.45) is 7.28. The van der Waals surface area contributed by atoms with Gasteiger partial charge in [-0.3, -0.25) is 13.2 Å². The first-order chi connectivity index (χ1) is 34.5. The Balaban J connectivity index is 0.00000361. The van der Waals surface area contributed by atoms with Crippen molar-refractivity contribution in [3.05, 3.63) is 22.3 Å². The molecule has 4 aliphatic heterocycles. The van der Waals surface area contributed by atoms with Gasteiger partial charge in [-0.1, -0.05) is 84.6 Å². The standard InChI is InChI=1S/C58H90O15S2.2Na/c1-30(35-14-16-37-33-24-43(71-74(63,64)65)47-50(3,4)49(61)41(59)27-55(47,11)39(33)19-21-53(35,37)9)13-18-46-56(12)26-32(52(7,8)73-56)23-42(70-46)31(2)36-15-17-38-34-25-44(72-75(66,67)68)48-51(5,6)58(62)45(60)28-57(48,29-69-58)40(34)20-22-54(36,38)10;;/h30-32,35-38,41-48,59-60,62H,13-29H2,1-12H3,(H,63,64,65)(H,66,67,68);;/q;2*+1/p-2/t30-,31+,32-,35-,36-,37+,38+,41+,42-,43+,44+,45+,46+,47-,48?,53-,54-,55-,56-,57+,58-;;/m1../s1. The number of carbonyl (C=O) groups is 1. The number of rotatable bonds is 10. The molecule has 424 valence electrons. The smallest absolute Gasteiger partial charge is 0.726 e. The van der Waals surface area contributed by atoms with Crippen LogP contribution in [-0.4, -0.2) is 107 Å². The zero-order valence-corrected chi connectivity index (χ0v) is 54.4. The molecule has 4 saturated carbocycles. The maximum Gasteiger partial charge on any atom is 1.00 e. The Bertz CT molecular complexity index is 2680. The van der Waals surface area contributed by atoms with E-state index in [0.717, 1.165) is 82.6 Å². The number of ether oxygens (including phenoxy) is 3. The van der Waals surface area contributed by atoms with Crippen molar-refractivity contribution in [1.82, 2.24) is 0 Å². The maximum absolute atomic E-state index is 13.5. The van der Waals surface area contributed by atoms with Crippen LogP contribution in [-0.2, 0) is 48.2 Å². The molecule has 0 aromatic carbocycles. The molecule has 19 heteroatoms. The summed E-state index contributed by atoms with van der Waals surface area (Å²) in [6, 6.07) is 0. The normalized spacial score (nSPS) is 48.9. The number of ketones is 1. The third kappa shape index (κ3) is 9.27. The van der Waals surface area contributed by atoms with Crippen molar-refractivity contribution in [3.8, 4) is 0 Å². The van der Waals surface area contributed by atoms with Gasteiger partial charge in [-0.2, -0.15) is 0 Å². The zero-order chi connectivity index (χ0) is 54.6. The SMILES string of the molecule is C[C@@H]([C@H]1CC[C@H]2C3=C(CC[C@]12C)[C@@]12CO[C@](O)([C@@H](O)C1)C(C)(C)C2[C@@H](OS(=O)(=O)[O-])C3)[C@H]1C[C@@H]2C[C@@](C)(OC2(C)C)[C@H](CC[C@@H](C)[C@H]2CC[C@H]3C4=C(CC[C@]23C)[C@@]2(C)C[C@H](O)C(=O)C(C)(C)[C@H]2[C@@H](OS(=O)(=O)[O-])C4)O1.[Na+].[Na+]. The van der Waals surface area contributed by atoms with Gasteiger partial charge in [0.05, 0.1) is 42.2 Å². The molecule has 0 aromatic heterocycles. The minimum Gasteiger partial charge on any atom is -0.726 e. The Morgan fingerprint density at radius 1 is 0.740 bits per heavy atom. The monoisotopic (exact) mass is 1130 g/mol. The third-order valence-electron chi connectivity index (χ3n) is 25.0. The number of hydrogen-bond donors (Lipinski definition) is 3. The molecule has 8 aliphatic carbocycles. The molecule has 15 nitrogen and oxygen atoms in total. The van der Waals surface area contributed by atoms with E-state index in [9.17, 15) is 46.1 Å². The van der Waals surface area contributed by atoms with Crippen LogP contribution in [0.25, 0.3) is 0 Å². The number of aliphatic hydroxyl groups is 3. The Morgan fingerprint density at radius 2 is 1.29 bits per heavy atom. The molecule has 3 N–H and O–H groups in total. The molecule has 77 heavy (non-hydrogen) atoms. The van der Waals surface area contributed by atoms with Crippen molar-refractivity contribution in [2.45, 2.75) is 239 Å². The van der Waals surface area contributed by atoms with E-state index >= 15 is 0 Å². The van der Waals surface area contributed by atoms with Gasteiger partial charge < -0.3 is 38.6 Å². The summed E-state index contributed by atoms with van der Waals surface area (Å²) in [6.45, 7) is 25.6. The molecule has 0 amide bonds. The fourth-order valence-corrected chi connectivity index (χ4v) is 22.9. The summed E-state index contributed by atoms with van der Waals surface area (Å²) in [5.74, 6) is -1.57. The molecule has 8 fully saturated rings. The average molecular weight is 1140 g/mol. The van der Waals surface area contributed by atoms with Crippen molar-refractivity contribution in [3.63, 3.8) is 0 Å². The summed E-state index contributed by atoms with van der Waals surface area (Å²) >= 11 is 0. The molecule has 4 bridgehead atoms. The van der Waals surface area contributed by atoms with Crippen molar-refractivity contribution in [1.29, 1.82) is 0 Å². The molecule has 12 aliphatic rings.